The van der Waals surface area contributed by atoms with E-state index < -0.39 is 21.5 Å². The first-order chi connectivity index (χ1) is 19.8. The molecule has 5 heterocycles. The molecule has 1 amide bonds. The van der Waals surface area contributed by atoms with Crippen LogP contribution in [0.25, 0.3) is 11.3 Å². The molecule has 1 aliphatic rings. The molecule has 42 heavy (non-hydrogen) atoms. The molecule has 0 aliphatic carbocycles. The van der Waals surface area contributed by atoms with E-state index in [1.807, 2.05) is 44.2 Å². The van der Waals surface area contributed by atoms with Crippen molar-refractivity contribution < 1.29 is 19.4 Å². The molecule has 4 aromatic heterocycles. The maximum Gasteiger partial charge on any atom is 0.407 e. The Labute approximate surface area is 252 Å². The van der Waals surface area contributed by atoms with Gasteiger partial charge in [0.05, 0.1) is 15.9 Å². The monoisotopic (exact) mass is 638 g/mol. The number of hydrogen-bond donors (Lipinski definition) is 1. The van der Waals surface area contributed by atoms with Gasteiger partial charge in [-0.2, -0.15) is 10.2 Å². The highest BCUT2D eigenvalue weighted by atomic mass is 35.5. The van der Waals surface area contributed by atoms with E-state index in [0.29, 0.717) is 23.9 Å². The second-order valence-electron chi connectivity index (χ2n) is 9.90. The molecule has 1 saturated heterocycles. The third-order valence-electron chi connectivity index (χ3n) is 5.84. The summed E-state index contributed by atoms with van der Waals surface area (Å²) in [7, 11) is 0. The molecule has 0 spiro atoms. The molecule has 0 aromatic carbocycles. The number of amides is 1. The van der Waals surface area contributed by atoms with Crippen molar-refractivity contribution in [2.24, 2.45) is 0 Å². The second-order valence-corrected chi connectivity index (χ2v) is 11.9. The fourth-order valence-electron chi connectivity index (χ4n) is 4.08. The number of carbonyl (C=O) groups excluding carboxylic acids is 1. The number of alkyl carbamates (subject to hydrolysis) is 1. The smallest absolute Gasteiger partial charge is 0.407 e. The molecule has 0 unspecified atom stereocenters. The van der Waals surface area contributed by atoms with Crippen molar-refractivity contribution in [2.45, 2.75) is 48.9 Å². The van der Waals surface area contributed by atoms with Crippen molar-refractivity contribution in [2.75, 3.05) is 30.5 Å². The highest BCUT2D eigenvalue weighted by molar-refractivity contribution is 7.98. The van der Waals surface area contributed by atoms with Crippen LogP contribution in [0.3, 0.4) is 0 Å². The van der Waals surface area contributed by atoms with Crippen molar-refractivity contribution in [3.05, 3.63) is 49.9 Å². The second kappa shape index (κ2) is 12.5. The Kier molecular flexibility index (Phi) is 9.27. The minimum Gasteiger partial charge on any atom is -0.444 e. The molecule has 16 nitrogen and oxygen atoms in total. The Bertz CT molecular complexity index is 1660. The Hall–Kier alpha value is -3.90. The summed E-state index contributed by atoms with van der Waals surface area (Å²) in [5.41, 5.74) is -0.451. The summed E-state index contributed by atoms with van der Waals surface area (Å²) in [6.45, 7) is 6.68. The number of nitro groups is 2. The van der Waals surface area contributed by atoms with Gasteiger partial charge >= 0.3 is 17.5 Å². The maximum absolute atomic E-state index is 12.0. The molecule has 1 aliphatic heterocycles. The Morgan fingerprint density at radius 1 is 1.02 bits per heavy atom. The molecular weight excluding hydrogens is 612 g/mol. The van der Waals surface area contributed by atoms with E-state index in [2.05, 4.69) is 25.5 Å². The highest BCUT2D eigenvalue weighted by Crippen LogP contribution is 2.29. The van der Waals surface area contributed by atoms with Crippen LogP contribution in [0.2, 0.25) is 5.15 Å². The van der Waals surface area contributed by atoms with E-state index in [0.717, 1.165) is 11.4 Å². The lowest BCUT2D eigenvalue weighted by Crippen LogP contribution is -2.40. The lowest BCUT2D eigenvalue weighted by Gasteiger charge is -2.22. The van der Waals surface area contributed by atoms with Crippen molar-refractivity contribution in [3.8, 4) is 0 Å². The first kappa shape index (κ1) is 31.0. The third-order valence-corrected chi connectivity index (χ3v) is 7.45. The quantitative estimate of drug-likeness (QED) is 0.135. The number of nitrogens with zero attached hydrogens (tertiary/aromatic N) is 9. The highest BCUT2D eigenvalue weighted by Gasteiger charge is 2.29. The number of fused-ring (bicyclic) bond motifs is 2. The maximum atomic E-state index is 12.0. The Morgan fingerprint density at radius 2 is 1.57 bits per heavy atom. The van der Waals surface area contributed by atoms with Crippen molar-refractivity contribution in [1.82, 2.24) is 34.5 Å². The van der Waals surface area contributed by atoms with E-state index in [1.165, 1.54) is 44.9 Å². The van der Waals surface area contributed by atoms with Crippen LogP contribution >= 0.6 is 35.1 Å². The first-order valence-corrected chi connectivity index (χ1v) is 15.2. The van der Waals surface area contributed by atoms with Gasteiger partial charge in [-0.1, -0.05) is 11.6 Å². The molecule has 19 heteroatoms. The normalized spacial score (nSPS) is 15.0. The molecule has 1 atom stereocenters. The van der Waals surface area contributed by atoms with E-state index in [1.54, 1.807) is 6.07 Å². The van der Waals surface area contributed by atoms with E-state index in [9.17, 15) is 25.0 Å². The zero-order chi connectivity index (χ0) is 30.8. The number of thioether (sulfide) groups is 2. The largest absolute Gasteiger partial charge is 0.444 e. The number of rotatable bonds is 6. The standard InChI is InChI=1S/C16H22N6O4S.C7H5ClN4O2S/c1-16(2,3)26-15(23)18-10-5-6-20(9-10)12-7-13(27-4)21-14(19-12)11(8-17-21)22(24)25;1-15-6-2-5(8)10-7-4(12(13)14)3-9-11(6)7/h7-8,10H,5-6,9H2,1-4H3,(H,18,23);2-3H,1H3/t10-;/m0./s1. The van der Waals surface area contributed by atoms with Crippen molar-refractivity contribution in [3.63, 3.8) is 0 Å². The number of anilines is 1. The zero-order valence-electron chi connectivity index (χ0n) is 23.2. The summed E-state index contributed by atoms with van der Waals surface area (Å²) < 4.78 is 8.16. The van der Waals surface area contributed by atoms with Gasteiger partial charge in [-0.15, -0.1) is 23.5 Å². The van der Waals surface area contributed by atoms with Crippen LogP contribution in [0.15, 0.2) is 34.6 Å². The van der Waals surface area contributed by atoms with Crippen LogP contribution in [0, 0.1) is 20.2 Å². The fraction of sp³-hybridized carbons (Fsp3) is 0.435. The van der Waals surface area contributed by atoms with Crippen LogP contribution in [0.1, 0.15) is 27.2 Å². The van der Waals surface area contributed by atoms with E-state index >= 15 is 0 Å². The minimum atomic E-state index is -0.552. The topological polar surface area (TPSA) is 188 Å². The average Bonchev–Trinajstić information content (AvgIpc) is 3.65. The molecule has 1 N–H and O–H groups in total. The van der Waals surface area contributed by atoms with Gasteiger partial charge in [-0.3, -0.25) is 20.2 Å². The SMILES string of the molecule is CSc1cc(Cl)nc2c([N+](=O)[O-])cnn12.CSc1cc(N2CC[C@H](NC(=O)OC(C)(C)C)C2)nc2c([N+](=O)[O-])cnn12. The van der Waals surface area contributed by atoms with Gasteiger partial charge in [-0.05, 0) is 39.7 Å². The molecule has 224 valence electrons. The molecular formula is C23H27ClN10O6S2. The van der Waals surface area contributed by atoms with Crippen molar-refractivity contribution in [1.29, 1.82) is 0 Å². The summed E-state index contributed by atoms with van der Waals surface area (Å²) in [6, 6.07) is 3.38. The summed E-state index contributed by atoms with van der Waals surface area (Å²) in [5, 5.41) is 34.4. The molecule has 1 fully saturated rings. The van der Waals surface area contributed by atoms with Gasteiger partial charge in [0, 0.05) is 25.2 Å². The number of hydrogen-bond acceptors (Lipinski definition) is 13. The molecule has 5 rings (SSSR count). The molecule has 0 saturated carbocycles. The summed E-state index contributed by atoms with van der Waals surface area (Å²) in [6.07, 6.45) is 6.37. The van der Waals surface area contributed by atoms with Gasteiger partial charge in [0.2, 0.25) is 11.3 Å². The van der Waals surface area contributed by atoms with Crippen molar-refractivity contribution >= 4 is 69.7 Å². The molecule has 0 bridgehead atoms. The average molecular weight is 639 g/mol. The number of nitrogens with one attached hydrogen (secondary N) is 1. The number of carbonyl (C=O) groups is 1. The summed E-state index contributed by atoms with van der Waals surface area (Å²) in [5.74, 6) is 0.629. The van der Waals surface area contributed by atoms with Gasteiger partial charge in [0.15, 0.2) is 0 Å². The van der Waals surface area contributed by atoms with Crippen LogP contribution in [-0.4, -0.2) is 82.4 Å². The predicted molar refractivity (Wildman–Crippen MR) is 158 cm³/mol. The fourth-order valence-corrected chi connectivity index (χ4v) is 5.39. The van der Waals surface area contributed by atoms with Gasteiger partial charge < -0.3 is 15.0 Å². The number of aromatic nitrogens is 6. The molecule has 0 radical (unpaired) electrons. The predicted octanol–water partition coefficient (Wildman–Crippen LogP) is 4.48. The van der Waals surface area contributed by atoms with Crippen LogP contribution in [0.5, 0.6) is 0 Å². The van der Waals surface area contributed by atoms with Crippen LogP contribution in [-0.2, 0) is 4.74 Å². The number of halogens is 1. The lowest BCUT2D eigenvalue weighted by molar-refractivity contribution is -0.383. The zero-order valence-corrected chi connectivity index (χ0v) is 25.6. The number of ether oxygens (including phenoxy) is 1. The van der Waals surface area contributed by atoms with Gasteiger partial charge in [-0.25, -0.2) is 23.8 Å². The summed E-state index contributed by atoms with van der Waals surface area (Å²) >= 11 is 8.57. The third kappa shape index (κ3) is 6.93. The summed E-state index contributed by atoms with van der Waals surface area (Å²) in [4.78, 5) is 43.1. The van der Waals surface area contributed by atoms with Crippen LogP contribution in [0.4, 0.5) is 22.0 Å². The first-order valence-electron chi connectivity index (χ1n) is 12.4. The lowest BCUT2D eigenvalue weighted by atomic mass is 10.2. The minimum absolute atomic E-state index is 0.0736. The Morgan fingerprint density at radius 3 is 2.10 bits per heavy atom. The van der Waals surface area contributed by atoms with Gasteiger partial charge in [0.25, 0.3) is 0 Å². The van der Waals surface area contributed by atoms with E-state index in [4.69, 9.17) is 16.3 Å². The van der Waals surface area contributed by atoms with E-state index in [-0.39, 0.29) is 33.9 Å². The Balaban J connectivity index is 0.000000227. The van der Waals surface area contributed by atoms with Gasteiger partial charge in [0.1, 0.15) is 39.0 Å². The van der Waals surface area contributed by atoms with Crippen LogP contribution < -0.4 is 10.2 Å². The molecule has 4 aromatic rings.